The monoisotopic (exact) mass is 345 g/mol. The zero-order chi connectivity index (χ0) is 17.5. The van der Waals surface area contributed by atoms with E-state index in [1.54, 1.807) is 6.20 Å². The van der Waals surface area contributed by atoms with E-state index in [9.17, 15) is 4.79 Å². The lowest BCUT2D eigenvalue weighted by Gasteiger charge is -2.32. The summed E-state index contributed by atoms with van der Waals surface area (Å²) >= 11 is 0. The Labute approximate surface area is 150 Å². The Hall–Kier alpha value is -3.15. The van der Waals surface area contributed by atoms with Crippen molar-refractivity contribution in [2.75, 3.05) is 13.1 Å². The van der Waals surface area contributed by atoms with Gasteiger partial charge in [0.1, 0.15) is 5.69 Å². The summed E-state index contributed by atoms with van der Waals surface area (Å²) in [6.45, 7) is 1.51. The van der Waals surface area contributed by atoms with E-state index in [1.165, 1.54) is 5.69 Å². The number of hydrogen-bond acceptors (Lipinski definition) is 3. The highest BCUT2D eigenvalue weighted by Crippen LogP contribution is 2.28. The molecule has 6 heteroatoms. The topological polar surface area (TPSA) is 66.3 Å². The SMILES string of the molecule is O=C(c1cc2ccccc2[nH]1)N1CCC(c2ccnc3ccnn23)CC1. The standard InChI is InChI=1S/C20H19N5O/c26-20(17-13-15-3-1-2-4-16(15)23-17)24-11-7-14(8-12-24)18-5-9-21-19-6-10-22-25(18)19/h1-6,9-10,13-14,23H,7-8,11-12H2. The van der Waals surface area contributed by atoms with Crippen LogP contribution in [0, 0.1) is 0 Å². The fraction of sp³-hybridized carbons (Fsp3) is 0.250. The van der Waals surface area contributed by atoms with Crippen molar-refractivity contribution in [3.8, 4) is 0 Å². The van der Waals surface area contributed by atoms with Crippen LogP contribution in [0.4, 0.5) is 0 Å². The molecule has 130 valence electrons. The fourth-order valence-corrected chi connectivity index (χ4v) is 3.90. The molecule has 0 saturated carbocycles. The highest BCUT2D eigenvalue weighted by Gasteiger charge is 2.26. The highest BCUT2D eigenvalue weighted by atomic mass is 16.2. The number of H-pyrrole nitrogens is 1. The van der Waals surface area contributed by atoms with E-state index >= 15 is 0 Å². The number of fused-ring (bicyclic) bond motifs is 2. The van der Waals surface area contributed by atoms with Gasteiger partial charge in [0.05, 0.1) is 6.20 Å². The maximum atomic E-state index is 12.9. The summed E-state index contributed by atoms with van der Waals surface area (Å²) in [5.41, 5.74) is 3.73. The summed E-state index contributed by atoms with van der Waals surface area (Å²) in [6, 6.07) is 13.9. The second kappa shape index (κ2) is 5.98. The molecule has 0 atom stereocenters. The van der Waals surface area contributed by atoms with Crippen LogP contribution in [0.1, 0.15) is 34.9 Å². The third-order valence-electron chi connectivity index (χ3n) is 5.28. The predicted molar refractivity (Wildman–Crippen MR) is 99.2 cm³/mol. The first-order valence-electron chi connectivity index (χ1n) is 8.95. The Kier molecular flexibility index (Phi) is 3.48. The van der Waals surface area contributed by atoms with E-state index in [4.69, 9.17) is 0 Å². The average molecular weight is 345 g/mol. The summed E-state index contributed by atoms with van der Waals surface area (Å²) in [6.07, 6.45) is 5.49. The van der Waals surface area contributed by atoms with Crippen LogP contribution in [0.2, 0.25) is 0 Å². The van der Waals surface area contributed by atoms with Gasteiger partial charge in [-0.3, -0.25) is 4.79 Å². The highest BCUT2D eigenvalue weighted by molar-refractivity contribution is 5.98. The van der Waals surface area contributed by atoms with E-state index in [0.29, 0.717) is 11.6 Å². The number of nitrogens with zero attached hydrogens (tertiary/aromatic N) is 4. The number of hydrogen-bond donors (Lipinski definition) is 1. The molecule has 5 rings (SSSR count). The third kappa shape index (κ3) is 2.45. The fourth-order valence-electron chi connectivity index (χ4n) is 3.90. The van der Waals surface area contributed by atoms with Crippen LogP contribution in [0.15, 0.2) is 54.9 Å². The number of aromatic amines is 1. The number of benzene rings is 1. The molecule has 4 aromatic rings. The normalized spacial score (nSPS) is 15.8. The molecular weight excluding hydrogens is 326 g/mol. The van der Waals surface area contributed by atoms with Crippen LogP contribution >= 0.6 is 0 Å². The van der Waals surface area contributed by atoms with Crippen molar-refractivity contribution >= 4 is 22.5 Å². The molecule has 1 aliphatic rings. The molecule has 0 spiro atoms. The molecule has 3 aromatic heterocycles. The lowest BCUT2D eigenvalue weighted by molar-refractivity contribution is 0.0706. The van der Waals surface area contributed by atoms with Gasteiger partial charge in [0.2, 0.25) is 0 Å². The van der Waals surface area contributed by atoms with Crippen molar-refractivity contribution in [3.05, 3.63) is 66.2 Å². The Morgan fingerprint density at radius 3 is 2.77 bits per heavy atom. The number of amides is 1. The van der Waals surface area contributed by atoms with Crippen molar-refractivity contribution in [2.45, 2.75) is 18.8 Å². The zero-order valence-corrected chi connectivity index (χ0v) is 14.3. The maximum Gasteiger partial charge on any atom is 0.270 e. The van der Waals surface area contributed by atoms with Crippen LogP contribution in [0.25, 0.3) is 16.6 Å². The second-order valence-electron chi connectivity index (χ2n) is 6.81. The van der Waals surface area contributed by atoms with Gasteiger partial charge < -0.3 is 9.88 Å². The van der Waals surface area contributed by atoms with Crippen molar-refractivity contribution in [2.24, 2.45) is 0 Å². The van der Waals surface area contributed by atoms with Gasteiger partial charge in [0.25, 0.3) is 5.91 Å². The molecule has 4 heterocycles. The summed E-state index contributed by atoms with van der Waals surface area (Å²) in [7, 11) is 0. The first-order chi connectivity index (χ1) is 12.8. The molecule has 1 aromatic carbocycles. The molecule has 1 amide bonds. The molecule has 26 heavy (non-hydrogen) atoms. The number of piperidine rings is 1. The molecular formula is C20H19N5O. The Balaban J connectivity index is 1.33. The minimum absolute atomic E-state index is 0.0821. The van der Waals surface area contributed by atoms with Crippen molar-refractivity contribution in [1.29, 1.82) is 0 Å². The summed E-state index contributed by atoms with van der Waals surface area (Å²) in [4.78, 5) is 22.4. The molecule has 1 fully saturated rings. The van der Waals surface area contributed by atoms with Gasteiger partial charge in [-0.2, -0.15) is 5.10 Å². The van der Waals surface area contributed by atoms with Crippen LogP contribution in [-0.4, -0.2) is 43.5 Å². The quantitative estimate of drug-likeness (QED) is 0.606. The maximum absolute atomic E-state index is 12.9. The predicted octanol–water partition coefficient (Wildman–Crippen LogP) is 3.23. The van der Waals surface area contributed by atoms with Crippen molar-refractivity contribution in [1.82, 2.24) is 24.5 Å². The summed E-state index contributed by atoms with van der Waals surface area (Å²) in [5.74, 6) is 0.478. The van der Waals surface area contributed by atoms with Gasteiger partial charge in [0, 0.05) is 47.9 Å². The third-order valence-corrected chi connectivity index (χ3v) is 5.28. The van der Waals surface area contributed by atoms with E-state index < -0.39 is 0 Å². The average Bonchev–Trinajstić information content (AvgIpc) is 3.34. The van der Waals surface area contributed by atoms with E-state index in [0.717, 1.165) is 42.5 Å². The first kappa shape index (κ1) is 15.1. The van der Waals surface area contributed by atoms with E-state index in [-0.39, 0.29) is 5.91 Å². The van der Waals surface area contributed by atoms with Crippen molar-refractivity contribution < 1.29 is 4.79 Å². The van der Waals surface area contributed by atoms with Crippen LogP contribution in [-0.2, 0) is 0 Å². The van der Waals surface area contributed by atoms with Gasteiger partial charge in [-0.15, -0.1) is 0 Å². The number of nitrogens with one attached hydrogen (secondary N) is 1. The Bertz CT molecular complexity index is 1050. The molecule has 1 N–H and O–H groups in total. The van der Waals surface area contributed by atoms with Crippen LogP contribution in [0.5, 0.6) is 0 Å². The molecule has 0 radical (unpaired) electrons. The van der Waals surface area contributed by atoms with Gasteiger partial charge in [0.15, 0.2) is 5.65 Å². The lowest BCUT2D eigenvalue weighted by Crippen LogP contribution is -2.38. The van der Waals surface area contributed by atoms with E-state index in [2.05, 4.69) is 15.1 Å². The summed E-state index contributed by atoms with van der Waals surface area (Å²) in [5, 5.41) is 5.46. The molecule has 1 saturated heterocycles. The molecule has 6 nitrogen and oxygen atoms in total. The molecule has 0 aliphatic carbocycles. The molecule has 1 aliphatic heterocycles. The van der Waals surface area contributed by atoms with Crippen LogP contribution in [0.3, 0.4) is 0 Å². The van der Waals surface area contributed by atoms with E-state index in [1.807, 2.05) is 58.1 Å². The number of carbonyl (C=O) groups excluding carboxylic acids is 1. The Morgan fingerprint density at radius 2 is 1.92 bits per heavy atom. The smallest absolute Gasteiger partial charge is 0.270 e. The largest absolute Gasteiger partial charge is 0.351 e. The van der Waals surface area contributed by atoms with Gasteiger partial charge in [-0.25, -0.2) is 9.50 Å². The number of aromatic nitrogens is 4. The number of rotatable bonds is 2. The summed E-state index contributed by atoms with van der Waals surface area (Å²) < 4.78 is 1.92. The number of para-hydroxylation sites is 1. The van der Waals surface area contributed by atoms with Gasteiger partial charge >= 0.3 is 0 Å². The van der Waals surface area contributed by atoms with Gasteiger partial charge in [-0.1, -0.05) is 18.2 Å². The minimum Gasteiger partial charge on any atom is -0.351 e. The number of carbonyl (C=O) groups is 1. The second-order valence-corrected chi connectivity index (χ2v) is 6.81. The van der Waals surface area contributed by atoms with Crippen LogP contribution < -0.4 is 0 Å². The number of likely N-dealkylation sites (tertiary alicyclic amines) is 1. The van der Waals surface area contributed by atoms with Crippen molar-refractivity contribution in [3.63, 3.8) is 0 Å². The minimum atomic E-state index is 0.0821. The molecule has 0 bridgehead atoms. The zero-order valence-electron chi connectivity index (χ0n) is 14.3. The molecule has 0 unspecified atom stereocenters. The first-order valence-corrected chi connectivity index (χ1v) is 8.95. The Morgan fingerprint density at radius 1 is 1.08 bits per heavy atom. The van der Waals surface area contributed by atoms with Gasteiger partial charge in [-0.05, 0) is 31.0 Å². The lowest BCUT2D eigenvalue weighted by atomic mass is 9.93.